The number of para-hydroxylation sites is 1. The summed E-state index contributed by atoms with van der Waals surface area (Å²) >= 11 is 6.00. The third-order valence-corrected chi connectivity index (χ3v) is 3.59. The van der Waals surface area contributed by atoms with Crippen LogP contribution in [0.2, 0.25) is 5.02 Å². The minimum atomic E-state index is -0.145. The summed E-state index contributed by atoms with van der Waals surface area (Å²) in [5, 5.41) is 5.29. The van der Waals surface area contributed by atoms with E-state index in [9.17, 15) is 0 Å². The lowest BCUT2D eigenvalue weighted by atomic mass is 10.0. The Morgan fingerprint density at radius 1 is 1.05 bits per heavy atom. The summed E-state index contributed by atoms with van der Waals surface area (Å²) in [6.07, 6.45) is 2.65. The normalized spacial score (nSPS) is 12.3. The molecule has 106 valence electrons. The second-order valence-electron chi connectivity index (χ2n) is 4.96. The number of aromatic nitrogens is 2. The fraction of sp³-hybridized carbons (Fsp3) is 0.118. The van der Waals surface area contributed by atoms with Crippen LogP contribution in [-0.4, -0.2) is 9.78 Å². The van der Waals surface area contributed by atoms with Gasteiger partial charge in [-0.3, -0.25) is 0 Å². The largest absolute Gasteiger partial charge is 0.322 e. The van der Waals surface area contributed by atoms with Crippen LogP contribution in [0.5, 0.6) is 0 Å². The Bertz CT molecular complexity index is 722. The quantitative estimate of drug-likeness (QED) is 0.796. The van der Waals surface area contributed by atoms with E-state index in [0.717, 1.165) is 22.0 Å². The minimum Gasteiger partial charge on any atom is -0.322 e. The Hall–Kier alpha value is -2.10. The van der Waals surface area contributed by atoms with Crippen LogP contribution in [0.25, 0.3) is 5.69 Å². The van der Waals surface area contributed by atoms with E-state index < -0.39 is 0 Å². The van der Waals surface area contributed by atoms with E-state index in [1.807, 2.05) is 71.5 Å². The van der Waals surface area contributed by atoms with Crippen molar-refractivity contribution in [1.82, 2.24) is 9.78 Å². The van der Waals surface area contributed by atoms with Gasteiger partial charge in [0.2, 0.25) is 0 Å². The Kier molecular flexibility index (Phi) is 4.04. The SMILES string of the molecule is NC(Cc1cccc(Cl)c1)c1ccn(-c2ccccc2)n1. The number of halogens is 1. The van der Waals surface area contributed by atoms with Gasteiger partial charge in [-0.2, -0.15) is 5.10 Å². The van der Waals surface area contributed by atoms with Crippen LogP contribution in [0.4, 0.5) is 0 Å². The van der Waals surface area contributed by atoms with Crippen molar-refractivity contribution < 1.29 is 0 Å². The molecule has 1 atom stereocenters. The van der Waals surface area contributed by atoms with Crippen molar-refractivity contribution >= 4 is 11.6 Å². The van der Waals surface area contributed by atoms with Gasteiger partial charge in [0.15, 0.2) is 0 Å². The van der Waals surface area contributed by atoms with Gasteiger partial charge >= 0.3 is 0 Å². The van der Waals surface area contributed by atoms with Crippen LogP contribution in [0.3, 0.4) is 0 Å². The molecule has 1 unspecified atom stereocenters. The number of rotatable bonds is 4. The molecule has 3 nitrogen and oxygen atoms in total. The van der Waals surface area contributed by atoms with Gasteiger partial charge in [0.05, 0.1) is 17.4 Å². The van der Waals surface area contributed by atoms with Crippen molar-refractivity contribution in [3.05, 3.63) is 83.1 Å². The summed E-state index contributed by atoms with van der Waals surface area (Å²) in [5.74, 6) is 0. The molecule has 0 aliphatic carbocycles. The third kappa shape index (κ3) is 3.32. The van der Waals surface area contributed by atoms with Crippen LogP contribution in [-0.2, 0) is 6.42 Å². The minimum absolute atomic E-state index is 0.145. The maximum Gasteiger partial charge on any atom is 0.0799 e. The zero-order valence-electron chi connectivity index (χ0n) is 11.5. The number of hydrogen-bond acceptors (Lipinski definition) is 2. The zero-order chi connectivity index (χ0) is 14.7. The van der Waals surface area contributed by atoms with Gasteiger partial charge in [0.1, 0.15) is 0 Å². The lowest BCUT2D eigenvalue weighted by molar-refractivity contribution is 0.678. The molecule has 0 saturated heterocycles. The predicted molar refractivity (Wildman–Crippen MR) is 85.6 cm³/mol. The molecule has 1 heterocycles. The second-order valence-corrected chi connectivity index (χ2v) is 5.40. The zero-order valence-corrected chi connectivity index (χ0v) is 12.2. The van der Waals surface area contributed by atoms with Crippen molar-refractivity contribution in [2.45, 2.75) is 12.5 Å². The summed E-state index contributed by atoms with van der Waals surface area (Å²) in [4.78, 5) is 0. The van der Waals surface area contributed by atoms with Gasteiger partial charge < -0.3 is 5.73 Å². The van der Waals surface area contributed by atoms with E-state index in [2.05, 4.69) is 5.10 Å². The molecule has 0 saturated carbocycles. The molecule has 3 rings (SSSR count). The number of nitrogens with two attached hydrogens (primary N) is 1. The molecule has 1 aromatic heterocycles. The highest BCUT2D eigenvalue weighted by atomic mass is 35.5. The van der Waals surface area contributed by atoms with E-state index in [-0.39, 0.29) is 6.04 Å². The summed E-state index contributed by atoms with van der Waals surface area (Å²) in [6.45, 7) is 0. The average molecular weight is 298 g/mol. The number of nitrogens with zero attached hydrogens (tertiary/aromatic N) is 2. The fourth-order valence-corrected chi connectivity index (χ4v) is 2.50. The summed E-state index contributed by atoms with van der Waals surface area (Å²) in [6, 6.07) is 19.6. The average Bonchev–Trinajstić information content (AvgIpc) is 2.98. The Morgan fingerprint density at radius 2 is 1.86 bits per heavy atom. The molecule has 0 spiro atoms. The first kappa shape index (κ1) is 13.9. The Balaban J connectivity index is 1.77. The van der Waals surface area contributed by atoms with Gasteiger partial charge in [-0.25, -0.2) is 4.68 Å². The van der Waals surface area contributed by atoms with Gasteiger partial charge in [-0.05, 0) is 42.3 Å². The van der Waals surface area contributed by atoms with Crippen LogP contribution < -0.4 is 5.73 Å². The highest BCUT2D eigenvalue weighted by Gasteiger charge is 2.11. The summed E-state index contributed by atoms with van der Waals surface area (Å²) in [7, 11) is 0. The Labute approximate surface area is 129 Å². The second kappa shape index (κ2) is 6.12. The number of benzene rings is 2. The predicted octanol–water partition coefficient (Wildman–Crippen LogP) is 3.77. The van der Waals surface area contributed by atoms with Crippen molar-refractivity contribution in [2.24, 2.45) is 5.73 Å². The van der Waals surface area contributed by atoms with Crippen molar-refractivity contribution in [3.63, 3.8) is 0 Å². The lowest BCUT2D eigenvalue weighted by Crippen LogP contribution is -2.14. The fourth-order valence-electron chi connectivity index (χ4n) is 2.28. The van der Waals surface area contributed by atoms with Crippen LogP contribution in [0.15, 0.2) is 66.9 Å². The van der Waals surface area contributed by atoms with Crippen molar-refractivity contribution in [3.8, 4) is 5.69 Å². The molecule has 3 aromatic rings. The summed E-state index contributed by atoms with van der Waals surface area (Å²) in [5.41, 5.74) is 9.27. The molecule has 21 heavy (non-hydrogen) atoms. The molecule has 0 amide bonds. The maximum atomic E-state index is 6.25. The topological polar surface area (TPSA) is 43.8 Å². The first-order chi connectivity index (χ1) is 10.2. The van der Waals surface area contributed by atoms with E-state index in [4.69, 9.17) is 17.3 Å². The highest BCUT2D eigenvalue weighted by molar-refractivity contribution is 6.30. The Morgan fingerprint density at radius 3 is 2.62 bits per heavy atom. The van der Waals surface area contributed by atoms with Crippen LogP contribution >= 0.6 is 11.6 Å². The molecular formula is C17H16ClN3. The van der Waals surface area contributed by atoms with Crippen molar-refractivity contribution in [1.29, 1.82) is 0 Å². The van der Waals surface area contributed by atoms with Gasteiger partial charge in [-0.1, -0.05) is 41.9 Å². The molecule has 0 aliphatic rings. The summed E-state index contributed by atoms with van der Waals surface area (Å²) < 4.78 is 1.84. The molecule has 0 bridgehead atoms. The lowest BCUT2D eigenvalue weighted by Gasteiger charge is -2.09. The van der Waals surface area contributed by atoms with Gasteiger partial charge in [-0.15, -0.1) is 0 Å². The monoisotopic (exact) mass is 297 g/mol. The van der Waals surface area contributed by atoms with Gasteiger partial charge in [0, 0.05) is 11.2 Å². The van der Waals surface area contributed by atoms with Gasteiger partial charge in [0.25, 0.3) is 0 Å². The molecule has 2 aromatic carbocycles. The van der Waals surface area contributed by atoms with E-state index in [0.29, 0.717) is 6.42 Å². The molecule has 4 heteroatoms. The van der Waals surface area contributed by atoms with Crippen LogP contribution in [0, 0.1) is 0 Å². The molecule has 0 aliphatic heterocycles. The molecule has 0 fully saturated rings. The van der Waals surface area contributed by atoms with Crippen molar-refractivity contribution in [2.75, 3.05) is 0 Å². The first-order valence-electron chi connectivity index (χ1n) is 6.83. The highest BCUT2D eigenvalue weighted by Crippen LogP contribution is 2.18. The smallest absolute Gasteiger partial charge is 0.0799 e. The molecule has 0 radical (unpaired) electrons. The third-order valence-electron chi connectivity index (χ3n) is 3.35. The van der Waals surface area contributed by atoms with E-state index in [1.54, 1.807) is 0 Å². The first-order valence-corrected chi connectivity index (χ1v) is 7.21. The van der Waals surface area contributed by atoms with Crippen LogP contribution in [0.1, 0.15) is 17.3 Å². The van der Waals surface area contributed by atoms with E-state index in [1.165, 1.54) is 0 Å². The maximum absolute atomic E-state index is 6.25. The standard InChI is InChI=1S/C17H16ClN3/c18-14-6-4-5-13(11-14)12-16(19)17-9-10-21(20-17)15-7-2-1-3-8-15/h1-11,16H,12,19H2. The molecule has 2 N–H and O–H groups in total. The number of hydrogen-bond donors (Lipinski definition) is 1. The molecular weight excluding hydrogens is 282 g/mol. The van der Waals surface area contributed by atoms with E-state index >= 15 is 0 Å².